The molecule has 2 heterocycles. The van der Waals surface area contributed by atoms with E-state index in [1.807, 2.05) is 6.07 Å². The van der Waals surface area contributed by atoms with Gasteiger partial charge in [-0.1, -0.05) is 30.3 Å². The highest BCUT2D eigenvalue weighted by Gasteiger charge is 2.46. The SMILES string of the molecule is COc1nccnc1NCC1CCN(C(=O)C2C[C@H]2c2ccccc2)CC1. The first-order valence-electron chi connectivity index (χ1n) is 9.69. The molecule has 4 rings (SSSR count). The first-order valence-corrected chi connectivity index (χ1v) is 9.69. The number of benzene rings is 1. The number of likely N-dealkylation sites (tertiary alicyclic amines) is 1. The molecule has 1 aromatic heterocycles. The number of methoxy groups -OCH3 is 1. The van der Waals surface area contributed by atoms with Gasteiger partial charge in [-0.05, 0) is 36.7 Å². The van der Waals surface area contributed by atoms with Crippen LogP contribution in [0.1, 0.15) is 30.7 Å². The fraction of sp³-hybridized carbons (Fsp3) is 0.476. The topological polar surface area (TPSA) is 67.4 Å². The van der Waals surface area contributed by atoms with E-state index in [9.17, 15) is 4.79 Å². The molecule has 1 N–H and O–H groups in total. The lowest BCUT2D eigenvalue weighted by Gasteiger charge is -2.32. The number of nitrogens with zero attached hydrogens (tertiary/aromatic N) is 3. The highest BCUT2D eigenvalue weighted by Crippen LogP contribution is 2.48. The molecule has 27 heavy (non-hydrogen) atoms. The third-order valence-electron chi connectivity index (χ3n) is 5.68. The third-order valence-corrected chi connectivity index (χ3v) is 5.68. The van der Waals surface area contributed by atoms with Crippen LogP contribution in [0.5, 0.6) is 5.88 Å². The van der Waals surface area contributed by atoms with Gasteiger partial charge in [0.15, 0.2) is 5.82 Å². The monoisotopic (exact) mass is 366 g/mol. The van der Waals surface area contributed by atoms with E-state index in [1.165, 1.54) is 5.56 Å². The van der Waals surface area contributed by atoms with Crippen molar-refractivity contribution in [2.75, 3.05) is 32.1 Å². The van der Waals surface area contributed by atoms with Crippen molar-refractivity contribution in [1.29, 1.82) is 0 Å². The summed E-state index contributed by atoms with van der Waals surface area (Å²) in [5, 5.41) is 3.34. The Morgan fingerprint density at radius 1 is 1.19 bits per heavy atom. The maximum atomic E-state index is 12.8. The molecule has 2 aromatic rings. The highest BCUT2D eigenvalue weighted by atomic mass is 16.5. The number of carbonyl (C=O) groups excluding carboxylic acids is 1. The minimum Gasteiger partial charge on any atom is -0.478 e. The summed E-state index contributed by atoms with van der Waals surface area (Å²) in [5.41, 5.74) is 1.30. The van der Waals surface area contributed by atoms with Crippen molar-refractivity contribution in [3.05, 3.63) is 48.3 Å². The lowest BCUT2D eigenvalue weighted by Crippen LogP contribution is -2.40. The Labute approximate surface area is 160 Å². The van der Waals surface area contributed by atoms with Gasteiger partial charge >= 0.3 is 0 Å². The minimum absolute atomic E-state index is 0.186. The van der Waals surface area contributed by atoms with Crippen molar-refractivity contribution in [3.63, 3.8) is 0 Å². The molecule has 0 radical (unpaired) electrons. The summed E-state index contributed by atoms with van der Waals surface area (Å²) in [7, 11) is 1.60. The van der Waals surface area contributed by atoms with Gasteiger partial charge in [-0.2, -0.15) is 0 Å². The molecule has 1 unspecified atom stereocenters. The Hall–Kier alpha value is -2.63. The van der Waals surface area contributed by atoms with Crippen molar-refractivity contribution in [2.24, 2.45) is 11.8 Å². The number of ether oxygens (including phenoxy) is 1. The second-order valence-corrected chi connectivity index (χ2v) is 7.42. The van der Waals surface area contributed by atoms with E-state index in [0.29, 0.717) is 29.4 Å². The van der Waals surface area contributed by atoms with Crippen LogP contribution in [0.25, 0.3) is 0 Å². The van der Waals surface area contributed by atoms with E-state index in [0.717, 1.165) is 38.9 Å². The van der Waals surface area contributed by atoms with E-state index in [-0.39, 0.29) is 5.92 Å². The molecule has 1 saturated heterocycles. The van der Waals surface area contributed by atoms with E-state index in [1.54, 1.807) is 19.5 Å². The van der Waals surface area contributed by atoms with Crippen LogP contribution in [0.4, 0.5) is 5.82 Å². The van der Waals surface area contributed by atoms with Crippen molar-refractivity contribution in [1.82, 2.24) is 14.9 Å². The number of hydrogen-bond acceptors (Lipinski definition) is 5. The molecule has 0 spiro atoms. The zero-order valence-electron chi connectivity index (χ0n) is 15.7. The van der Waals surface area contributed by atoms with Crippen molar-refractivity contribution in [3.8, 4) is 5.88 Å². The summed E-state index contributed by atoms with van der Waals surface area (Å²) >= 11 is 0. The largest absolute Gasteiger partial charge is 0.478 e. The molecule has 6 heteroatoms. The first-order chi connectivity index (χ1) is 13.3. The number of piperidine rings is 1. The molecule has 2 atom stereocenters. The predicted octanol–water partition coefficient (Wildman–Crippen LogP) is 2.94. The molecule has 1 amide bonds. The number of hydrogen-bond donors (Lipinski definition) is 1. The number of carbonyl (C=O) groups is 1. The Bertz CT molecular complexity index is 775. The fourth-order valence-electron chi connectivity index (χ4n) is 3.97. The molecule has 142 valence electrons. The van der Waals surface area contributed by atoms with Gasteiger partial charge in [-0.25, -0.2) is 9.97 Å². The van der Waals surface area contributed by atoms with Gasteiger partial charge in [-0.3, -0.25) is 4.79 Å². The van der Waals surface area contributed by atoms with E-state index < -0.39 is 0 Å². The Kier molecular flexibility index (Phi) is 5.23. The molecule has 2 fully saturated rings. The maximum Gasteiger partial charge on any atom is 0.257 e. The zero-order chi connectivity index (χ0) is 18.6. The quantitative estimate of drug-likeness (QED) is 0.851. The van der Waals surface area contributed by atoms with Crippen molar-refractivity contribution >= 4 is 11.7 Å². The van der Waals surface area contributed by atoms with Crippen LogP contribution in [0.2, 0.25) is 0 Å². The number of aromatic nitrogens is 2. The number of nitrogens with one attached hydrogen (secondary N) is 1. The summed E-state index contributed by atoms with van der Waals surface area (Å²) in [4.78, 5) is 23.3. The van der Waals surface area contributed by atoms with Crippen LogP contribution < -0.4 is 10.1 Å². The molecular formula is C21H26N4O2. The van der Waals surface area contributed by atoms with Crippen molar-refractivity contribution < 1.29 is 9.53 Å². The first kappa shape index (κ1) is 17.8. The number of rotatable bonds is 6. The van der Waals surface area contributed by atoms with Crippen molar-refractivity contribution in [2.45, 2.75) is 25.2 Å². The maximum absolute atomic E-state index is 12.8. The Balaban J connectivity index is 1.24. The van der Waals surface area contributed by atoms with E-state index >= 15 is 0 Å². The summed E-state index contributed by atoms with van der Waals surface area (Å²) in [6.45, 7) is 2.52. The van der Waals surface area contributed by atoms with Crippen LogP contribution in [0, 0.1) is 11.8 Å². The van der Waals surface area contributed by atoms with Gasteiger partial charge in [0.2, 0.25) is 5.91 Å². The highest BCUT2D eigenvalue weighted by molar-refractivity contribution is 5.83. The Morgan fingerprint density at radius 3 is 2.67 bits per heavy atom. The number of anilines is 1. The standard InChI is InChI=1S/C21H26N4O2/c1-27-20-19(22-9-10-23-20)24-14-15-7-11-25(12-8-15)21(26)18-13-17(18)16-5-3-2-4-6-16/h2-6,9-10,15,17-18H,7-8,11-14H2,1H3,(H,22,24)/t17-,18?/m0/s1. The minimum atomic E-state index is 0.186. The van der Waals surface area contributed by atoms with Gasteiger partial charge in [0.25, 0.3) is 5.88 Å². The van der Waals surface area contributed by atoms with Gasteiger partial charge in [0.1, 0.15) is 0 Å². The lowest BCUT2D eigenvalue weighted by atomic mass is 9.96. The van der Waals surface area contributed by atoms with Crippen LogP contribution in [-0.2, 0) is 4.79 Å². The summed E-state index contributed by atoms with van der Waals surface area (Å²) in [6.07, 6.45) is 6.31. The van der Waals surface area contributed by atoms with Gasteiger partial charge in [-0.15, -0.1) is 0 Å². The molecule has 1 aliphatic heterocycles. The summed E-state index contributed by atoms with van der Waals surface area (Å²) in [5.74, 6) is 2.68. The number of amides is 1. The van der Waals surface area contributed by atoms with Crippen LogP contribution in [0.3, 0.4) is 0 Å². The molecular weight excluding hydrogens is 340 g/mol. The molecule has 6 nitrogen and oxygen atoms in total. The van der Waals surface area contributed by atoms with Gasteiger partial charge in [0, 0.05) is 37.9 Å². The fourth-order valence-corrected chi connectivity index (χ4v) is 3.97. The van der Waals surface area contributed by atoms with Crippen LogP contribution in [-0.4, -0.2) is 47.5 Å². The summed E-state index contributed by atoms with van der Waals surface area (Å²) in [6, 6.07) is 10.4. The second kappa shape index (κ2) is 7.94. The van der Waals surface area contributed by atoms with E-state index in [2.05, 4.69) is 44.5 Å². The molecule has 0 bridgehead atoms. The second-order valence-electron chi connectivity index (χ2n) is 7.42. The van der Waals surface area contributed by atoms with Crippen LogP contribution >= 0.6 is 0 Å². The molecule has 2 aliphatic rings. The van der Waals surface area contributed by atoms with Gasteiger partial charge < -0.3 is 15.0 Å². The zero-order valence-corrected chi connectivity index (χ0v) is 15.7. The summed E-state index contributed by atoms with van der Waals surface area (Å²) < 4.78 is 5.22. The van der Waals surface area contributed by atoms with Crippen LogP contribution in [0.15, 0.2) is 42.7 Å². The molecule has 1 aromatic carbocycles. The molecule has 1 saturated carbocycles. The van der Waals surface area contributed by atoms with Gasteiger partial charge in [0.05, 0.1) is 7.11 Å². The predicted molar refractivity (Wildman–Crippen MR) is 104 cm³/mol. The third kappa shape index (κ3) is 4.04. The lowest BCUT2D eigenvalue weighted by molar-refractivity contribution is -0.134. The molecule has 1 aliphatic carbocycles. The average molecular weight is 366 g/mol. The average Bonchev–Trinajstić information content (AvgIpc) is 3.54. The Morgan fingerprint density at radius 2 is 1.93 bits per heavy atom. The van der Waals surface area contributed by atoms with E-state index in [4.69, 9.17) is 4.74 Å². The normalized spacial score (nSPS) is 22.3. The smallest absolute Gasteiger partial charge is 0.257 e.